The summed E-state index contributed by atoms with van der Waals surface area (Å²) in [7, 11) is 0. The van der Waals surface area contributed by atoms with Crippen molar-refractivity contribution in [2.24, 2.45) is 5.92 Å². The van der Waals surface area contributed by atoms with Crippen molar-refractivity contribution >= 4 is 17.4 Å². The van der Waals surface area contributed by atoms with E-state index in [-0.39, 0.29) is 11.8 Å². The molecule has 24 heavy (non-hydrogen) atoms. The lowest BCUT2D eigenvalue weighted by atomic mass is 9.93. The van der Waals surface area contributed by atoms with Crippen molar-refractivity contribution in [1.29, 1.82) is 0 Å². The third kappa shape index (κ3) is 4.06. The quantitative estimate of drug-likeness (QED) is 0.587. The van der Waals surface area contributed by atoms with E-state index in [1.807, 2.05) is 18.7 Å². The number of nitrogen functional groups attached to an aromatic ring is 1. The number of carboxylic acids is 1. The van der Waals surface area contributed by atoms with E-state index in [0.717, 1.165) is 13.0 Å². The molecule has 0 aromatic heterocycles. The highest BCUT2D eigenvalue weighted by Crippen LogP contribution is 2.26. The summed E-state index contributed by atoms with van der Waals surface area (Å²) in [6.45, 7) is 5.51. The lowest BCUT2D eigenvalue weighted by Gasteiger charge is -2.35. The van der Waals surface area contributed by atoms with Crippen LogP contribution in [0.1, 0.15) is 43.5 Å². The largest absolute Gasteiger partial charge is 0.492 e. The molecule has 1 aliphatic rings. The Morgan fingerprint density at radius 1 is 1.42 bits per heavy atom. The van der Waals surface area contributed by atoms with E-state index in [1.165, 1.54) is 0 Å². The number of piperidine rings is 1. The van der Waals surface area contributed by atoms with E-state index in [9.17, 15) is 14.7 Å². The van der Waals surface area contributed by atoms with Crippen LogP contribution < -0.4 is 10.5 Å². The van der Waals surface area contributed by atoms with Gasteiger partial charge in [-0.1, -0.05) is 6.92 Å². The van der Waals surface area contributed by atoms with Gasteiger partial charge in [0.1, 0.15) is 5.75 Å². The van der Waals surface area contributed by atoms with Gasteiger partial charge in [0.2, 0.25) is 0 Å². The zero-order valence-electron chi connectivity index (χ0n) is 14.3. The highest BCUT2D eigenvalue weighted by Gasteiger charge is 2.32. The third-order valence-corrected chi connectivity index (χ3v) is 4.53. The Morgan fingerprint density at radius 3 is 2.75 bits per heavy atom. The number of carbonyl (C=O) groups is 2. The molecule has 2 unspecified atom stereocenters. The van der Waals surface area contributed by atoms with Crippen LogP contribution in [0.3, 0.4) is 0 Å². The summed E-state index contributed by atoms with van der Waals surface area (Å²) in [5.41, 5.74) is 6.94. The van der Waals surface area contributed by atoms with Gasteiger partial charge < -0.3 is 15.6 Å². The third-order valence-electron chi connectivity index (χ3n) is 4.53. The lowest BCUT2D eigenvalue weighted by Crippen LogP contribution is -2.47. The van der Waals surface area contributed by atoms with Crippen LogP contribution in [0.2, 0.25) is 0 Å². The number of rotatable bonds is 7. The topological polar surface area (TPSA) is 92.9 Å². The molecule has 1 saturated heterocycles. The van der Waals surface area contributed by atoms with Gasteiger partial charge in [-0.15, -0.1) is 0 Å². The molecule has 1 fully saturated rings. The molecule has 0 spiro atoms. The number of anilines is 1. The number of carbonyl (C=O) groups excluding carboxylic acids is 1. The Morgan fingerprint density at radius 2 is 2.17 bits per heavy atom. The average molecular weight is 334 g/mol. The molecule has 3 N–H and O–H groups in total. The number of likely N-dealkylation sites (tertiary alicyclic amines) is 1. The monoisotopic (exact) mass is 334 g/mol. The molecule has 132 valence electrons. The van der Waals surface area contributed by atoms with Crippen molar-refractivity contribution in [3.05, 3.63) is 23.8 Å². The number of nitrogens with two attached hydrogens (primary N) is 1. The van der Waals surface area contributed by atoms with Crippen molar-refractivity contribution in [2.75, 3.05) is 25.4 Å². The number of nitrogens with zero attached hydrogens (tertiary/aromatic N) is 1. The van der Waals surface area contributed by atoms with Crippen LogP contribution in [-0.2, 0) is 4.79 Å². The predicted molar refractivity (Wildman–Crippen MR) is 92.4 cm³/mol. The molecule has 6 nitrogen and oxygen atoms in total. The second-order valence-electron chi connectivity index (χ2n) is 6.15. The highest BCUT2D eigenvalue weighted by atomic mass is 16.5. The molecule has 6 heteroatoms. The molecular weight excluding hydrogens is 308 g/mol. The Hall–Kier alpha value is -2.08. The van der Waals surface area contributed by atoms with Crippen LogP contribution in [0.25, 0.3) is 0 Å². The molecular formula is C18H26N2O4. The Bertz CT molecular complexity index is 603. The summed E-state index contributed by atoms with van der Waals surface area (Å²) in [6, 6.07) is 4.78. The van der Waals surface area contributed by atoms with Gasteiger partial charge in [0.05, 0.1) is 24.3 Å². The SMILES string of the molecule is CCOc1ccc(C(=O)C(CC)N2CCCC(C(=O)O)C2)cc1N. The first-order chi connectivity index (χ1) is 11.5. The average Bonchev–Trinajstić information content (AvgIpc) is 2.57. The zero-order chi connectivity index (χ0) is 17.7. The molecule has 0 amide bonds. The number of ether oxygens (including phenoxy) is 1. The number of hydrogen-bond donors (Lipinski definition) is 2. The summed E-state index contributed by atoms with van der Waals surface area (Å²) < 4.78 is 5.40. The Balaban J connectivity index is 2.16. The van der Waals surface area contributed by atoms with Crippen LogP contribution in [0.5, 0.6) is 5.75 Å². The summed E-state index contributed by atoms with van der Waals surface area (Å²) in [6.07, 6.45) is 2.11. The van der Waals surface area contributed by atoms with Crippen LogP contribution in [0.4, 0.5) is 5.69 Å². The van der Waals surface area contributed by atoms with Gasteiger partial charge in [0.25, 0.3) is 0 Å². The first-order valence-corrected chi connectivity index (χ1v) is 8.51. The second-order valence-corrected chi connectivity index (χ2v) is 6.15. The van der Waals surface area contributed by atoms with Crippen molar-refractivity contribution in [3.8, 4) is 5.75 Å². The minimum absolute atomic E-state index is 0.0155. The molecule has 0 saturated carbocycles. The zero-order valence-corrected chi connectivity index (χ0v) is 14.3. The Kier molecular flexibility index (Phi) is 6.20. The second kappa shape index (κ2) is 8.15. The fourth-order valence-corrected chi connectivity index (χ4v) is 3.28. The fourth-order valence-electron chi connectivity index (χ4n) is 3.28. The number of hydrogen-bond acceptors (Lipinski definition) is 5. The minimum atomic E-state index is -0.785. The Labute approximate surface area is 142 Å². The number of carboxylic acid groups (broad SMARTS) is 1. The van der Waals surface area contributed by atoms with E-state index >= 15 is 0 Å². The van der Waals surface area contributed by atoms with Gasteiger partial charge in [-0.2, -0.15) is 0 Å². The van der Waals surface area contributed by atoms with Gasteiger partial charge >= 0.3 is 5.97 Å². The summed E-state index contributed by atoms with van der Waals surface area (Å²) in [4.78, 5) is 26.1. The maximum absolute atomic E-state index is 12.9. The summed E-state index contributed by atoms with van der Waals surface area (Å²) >= 11 is 0. The van der Waals surface area contributed by atoms with Gasteiger partial charge in [-0.25, -0.2) is 0 Å². The minimum Gasteiger partial charge on any atom is -0.492 e. The highest BCUT2D eigenvalue weighted by molar-refractivity contribution is 6.01. The van der Waals surface area contributed by atoms with Crippen molar-refractivity contribution in [3.63, 3.8) is 0 Å². The number of Topliss-reactive ketones (excluding diaryl/α,β-unsaturated/α-hetero) is 1. The van der Waals surface area contributed by atoms with Crippen LogP contribution in [0, 0.1) is 5.92 Å². The number of ketones is 1. The molecule has 0 radical (unpaired) electrons. The molecule has 0 bridgehead atoms. The van der Waals surface area contributed by atoms with Crippen molar-refractivity contribution in [1.82, 2.24) is 4.90 Å². The van der Waals surface area contributed by atoms with Gasteiger partial charge in [-0.3, -0.25) is 14.5 Å². The van der Waals surface area contributed by atoms with E-state index in [4.69, 9.17) is 10.5 Å². The molecule has 1 aliphatic heterocycles. The van der Waals surface area contributed by atoms with Gasteiger partial charge in [0, 0.05) is 12.1 Å². The van der Waals surface area contributed by atoms with E-state index < -0.39 is 11.9 Å². The molecule has 1 aromatic carbocycles. The normalized spacial score (nSPS) is 19.7. The smallest absolute Gasteiger partial charge is 0.307 e. The van der Waals surface area contributed by atoms with Gasteiger partial charge in [-0.05, 0) is 50.9 Å². The standard InChI is InChI=1S/C18H26N2O4/c1-3-15(20-9-5-6-13(11-20)18(22)23)17(21)12-7-8-16(24-4-2)14(19)10-12/h7-8,10,13,15H,3-6,9,11,19H2,1-2H3,(H,22,23). The fraction of sp³-hybridized carbons (Fsp3) is 0.556. The van der Waals surface area contributed by atoms with E-state index in [1.54, 1.807) is 18.2 Å². The predicted octanol–water partition coefficient (Wildman–Crippen LogP) is 2.43. The van der Waals surface area contributed by atoms with Gasteiger partial charge in [0.15, 0.2) is 5.78 Å². The first kappa shape index (κ1) is 18.3. The molecule has 0 aliphatic carbocycles. The van der Waals surface area contributed by atoms with Crippen LogP contribution in [-0.4, -0.2) is 47.5 Å². The van der Waals surface area contributed by atoms with Crippen molar-refractivity contribution < 1.29 is 19.4 Å². The van der Waals surface area contributed by atoms with Crippen LogP contribution in [0.15, 0.2) is 18.2 Å². The van der Waals surface area contributed by atoms with E-state index in [0.29, 0.717) is 43.0 Å². The molecule has 1 heterocycles. The first-order valence-electron chi connectivity index (χ1n) is 8.51. The van der Waals surface area contributed by atoms with E-state index in [2.05, 4.69) is 0 Å². The molecule has 2 atom stereocenters. The maximum atomic E-state index is 12.9. The number of benzene rings is 1. The van der Waals surface area contributed by atoms with Crippen molar-refractivity contribution in [2.45, 2.75) is 39.2 Å². The summed E-state index contributed by atoms with van der Waals surface area (Å²) in [5, 5.41) is 9.24. The lowest BCUT2D eigenvalue weighted by molar-refractivity contribution is -0.143. The maximum Gasteiger partial charge on any atom is 0.307 e. The molecule has 2 rings (SSSR count). The van der Waals surface area contributed by atoms with Crippen LogP contribution >= 0.6 is 0 Å². The summed E-state index contributed by atoms with van der Waals surface area (Å²) in [5.74, 6) is -0.623. The number of aliphatic carboxylic acids is 1. The molecule has 1 aromatic rings.